The number of ether oxygens (including phenoxy) is 1. The van der Waals surface area contributed by atoms with E-state index in [9.17, 15) is 1.37 Å². The number of para-hydroxylation sites is 3. The molecule has 5 nitrogen and oxygen atoms in total. The van der Waals surface area contributed by atoms with Gasteiger partial charge in [-0.05, 0) is 156 Å². The van der Waals surface area contributed by atoms with Crippen LogP contribution in [0, 0.1) is 18.8 Å². The molecule has 0 spiro atoms. The third-order valence-electron chi connectivity index (χ3n) is 16.8. The molecule has 0 unspecified atom stereocenters. The predicted octanol–water partition coefficient (Wildman–Crippen LogP) is 20.6. The van der Waals surface area contributed by atoms with E-state index < -0.39 is 0 Å². The molecule has 13 rings (SSSR count). The van der Waals surface area contributed by atoms with Crippen LogP contribution < -0.4 is 14.5 Å². The molecule has 0 N–H and O–H groups in total. The second kappa shape index (κ2) is 20.8. The zero-order valence-corrected chi connectivity index (χ0v) is 50.6. The predicted molar refractivity (Wildman–Crippen MR) is 339 cm³/mol. The van der Waals surface area contributed by atoms with Crippen molar-refractivity contribution in [2.45, 2.75) is 104 Å². The van der Waals surface area contributed by atoms with Gasteiger partial charge in [0.1, 0.15) is 5.82 Å². The van der Waals surface area contributed by atoms with Gasteiger partial charge in [-0.3, -0.25) is 0 Å². The van der Waals surface area contributed by atoms with Crippen LogP contribution in [0.15, 0.2) is 206 Å². The van der Waals surface area contributed by atoms with Crippen molar-refractivity contribution in [2.24, 2.45) is 0 Å². The quantitative estimate of drug-likeness (QED) is 0.135. The Kier molecular flexibility index (Phi) is 12.6. The molecule has 0 bridgehead atoms. The number of benzene rings is 9. The molecule has 0 saturated carbocycles. The number of pyridine rings is 1. The zero-order valence-electron chi connectivity index (χ0n) is 52.3. The minimum Gasteiger partial charge on any atom is -0.509 e. The first-order valence-electron chi connectivity index (χ1n) is 30.3. The molecule has 1 aliphatic carbocycles. The molecule has 11 aromatic rings. The maximum Gasteiger partial charge on any atom is 0.135 e. The van der Waals surface area contributed by atoms with Gasteiger partial charge >= 0.3 is 0 Å². The SMILES string of the molecule is [2H]c1c([2H])c([2H])c2c(c1[2H])c1ccc(Oc3[c-]c(N4[CH-]N(c5c(-c6cc(-c7ccccc7)cc(-c7ccccc7)c6)cc(C(C)(C)C)cc5-c5ccc6c(c5)C(C)(C)CCC6(C)C)c5ccccc54)ccc3)[c-]c1n2-c1cc(C(C)(C)C)ccn1.[Pt]. The van der Waals surface area contributed by atoms with Crippen molar-refractivity contribution in [1.29, 1.82) is 0 Å². The van der Waals surface area contributed by atoms with E-state index in [0.29, 0.717) is 39.1 Å². The first-order valence-corrected chi connectivity index (χ1v) is 28.3. The molecule has 2 aromatic heterocycles. The number of hydrogen-bond acceptors (Lipinski definition) is 4. The molecule has 0 saturated heterocycles. The molecular formula is C76H69N4OPt-3. The van der Waals surface area contributed by atoms with Crippen molar-refractivity contribution < 1.29 is 31.3 Å². The molecule has 0 amide bonds. The standard InChI is InChI=1S/C76H69N4O.Pt/c1-73(2,3)56-36-39-77-71(46-56)80-67-29-18-17-28-61(67)62-34-33-60(48-70(62)80)81-59-27-21-26-58(47-59)78-49-79(69-31-20-19-30-68(69)78)72-63(52-32-35-65-66(43-52)76(9,10)38-37-75(65,7)8)44-57(74(4,5)6)45-64(72)55-41-53(50-22-13-11-14-23-50)40-54(42-55)51-24-15-12-16-25-51;/h11-36,39-46,49H,37-38H2,1-10H3;/q-3;/i17D,18D,28D,29D;. The third kappa shape index (κ3) is 9.95. The summed E-state index contributed by atoms with van der Waals surface area (Å²) in [6.07, 6.45) is 3.99. The van der Waals surface area contributed by atoms with Crippen LogP contribution in [0.2, 0.25) is 0 Å². The van der Waals surface area contributed by atoms with Gasteiger partial charge in [-0.1, -0.05) is 184 Å². The first-order chi connectivity index (χ1) is 40.5. The van der Waals surface area contributed by atoms with Crippen LogP contribution in [-0.4, -0.2) is 9.55 Å². The summed E-state index contributed by atoms with van der Waals surface area (Å²) in [7, 11) is 0. The van der Waals surface area contributed by atoms with Gasteiger partial charge in [0, 0.05) is 72.5 Å². The van der Waals surface area contributed by atoms with Gasteiger partial charge in [0.25, 0.3) is 0 Å². The number of anilines is 4. The Hall–Kier alpha value is -7.98. The first kappa shape index (κ1) is 49.8. The summed E-state index contributed by atoms with van der Waals surface area (Å²) in [6.45, 7) is 25.1. The summed E-state index contributed by atoms with van der Waals surface area (Å²) in [4.78, 5) is 9.37. The van der Waals surface area contributed by atoms with Gasteiger partial charge in [0.2, 0.25) is 0 Å². The van der Waals surface area contributed by atoms with Crippen molar-refractivity contribution in [3.8, 4) is 61.8 Å². The van der Waals surface area contributed by atoms with E-state index in [-0.39, 0.29) is 66.9 Å². The second-order valence-electron chi connectivity index (χ2n) is 25.4. The van der Waals surface area contributed by atoms with Crippen LogP contribution in [0.5, 0.6) is 11.5 Å². The fourth-order valence-electron chi connectivity index (χ4n) is 12.1. The molecule has 2 aliphatic rings. The average molecular weight is 1250 g/mol. The number of aromatic nitrogens is 2. The summed E-state index contributed by atoms with van der Waals surface area (Å²) >= 11 is 0. The van der Waals surface area contributed by atoms with E-state index in [4.69, 9.17) is 13.8 Å². The van der Waals surface area contributed by atoms with Crippen molar-refractivity contribution in [3.63, 3.8) is 0 Å². The molecular weight excluding hydrogens is 1180 g/mol. The normalized spacial score (nSPS) is 15.3. The average Bonchev–Trinajstić information content (AvgIpc) is 1.83. The minimum absolute atomic E-state index is 0. The van der Waals surface area contributed by atoms with Crippen molar-refractivity contribution in [1.82, 2.24) is 9.55 Å². The fraction of sp³-hybridized carbons (Fsp3) is 0.211. The molecule has 412 valence electrons. The molecule has 6 heteroatoms. The number of nitrogens with zero attached hydrogens (tertiary/aromatic N) is 4. The van der Waals surface area contributed by atoms with Crippen molar-refractivity contribution >= 4 is 44.6 Å². The van der Waals surface area contributed by atoms with Gasteiger partial charge in [-0.2, -0.15) is 12.1 Å². The van der Waals surface area contributed by atoms with Crippen LogP contribution in [0.4, 0.5) is 22.7 Å². The van der Waals surface area contributed by atoms with Crippen molar-refractivity contribution in [2.75, 3.05) is 9.80 Å². The van der Waals surface area contributed by atoms with Crippen LogP contribution in [0.3, 0.4) is 0 Å². The largest absolute Gasteiger partial charge is 0.509 e. The number of rotatable bonds is 9. The maximum absolute atomic E-state index is 9.17. The van der Waals surface area contributed by atoms with Crippen LogP contribution in [0.25, 0.3) is 72.1 Å². The van der Waals surface area contributed by atoms with E-state index in [0.717, 1.165) is 80.1 Å². The molecule has 9 aromatic carbocycles. The molecule has 1 aliphatic heterocycles. The van der Waals surface area contributed by atoms with Crippen LogP contribution in [0.1, 0.15) is 110 Å². The summed E-state index contributed by atoms with van der Waals surface area (Å²) < 4.78 is 44.2. The summed E-state index contributed by atoms with van der Waals surface area (Å²) in [5, 5.41) is 1.01. The maximum atomic E-state index is 9.17. The Balaban J connectivity index is 0.00000724. The van der Waals surface area contributed by atoms with E-state index >= 15 is 0 Å². The van der Waals surface area contributed by atoms with Gasteiger partial charge < -0.3 is 19.1 Å². The molecule has 0 fully saturated rings. The van der Waals surface area contributed by atoms with E-state index in [2.05, 4.69) is 237 Å². The molecule has 0 atom stereocenters. The molecule has 82 heavy (non-hydrogen) atoms. The number of hydrogen-bond donors (Lipinski definition) is 0. The number of fused-ring (bicyclic) bond motifs is 5. The molecule has 0 radical (unpaired) electrons. The Labute approximate surface area is 505 Å². The third-order valence-corrected chi connectivity index (χ3v) is 16.8. The fourth-order valence-corrected chi connectivity index (χ4v) is 12.1. The Bertz CT molecular complexity index is 4400. The summed E-state index contributed by atoms with van der Waals surface area (Å²) in [5.41, 5.74) is 18.5. The van der Waals surface area contributed by atoms with Gasteiger partial charge in [-0.25, -0.2) is 4.98 Å². The van der Waals surface area contributed by atoms with Crippen LogP contribution in [-0.2, 0) is 42.7 Å². The van der Waals surface area contributed by atoms with Crippen molar-refractivity contribution in [3.05, 3.63) is 247 Å². The zero-order chi connectivity index (χ0) is 59.5. The van der Waals surface area contributed by atoms with Crippen LogP contribution >= 0.6 is 0 Å². The summed E-state index contributed by atoms with van der Waals surface area (Å²) in [5.74, 6) is 1.36. The molecule has 3 heterocycles. The van der Waals surface area contributed by atoms with E-state index in [1.165, 1.54) is 22.3 Å². The smallest absolute Gasteiger partial charge is 0.135 e. The Morgan fingerprint density at radius 2 is 1.12 bits per heavy atom. The Morgan fingerprint density at radius 1 is 0.524 bits per heavy atom. The minimum atomic E-state index is -0.314. The monoisotopic (exact) mass is 1250 g/mol. The second-order valence-corrected chi connectivity index (χ2v) is 25.4. The van der Waals surface area contributed by atoms with Gasteiger partial charge in [0.15, 0.2) is 0 Å². The van der Waals surface area contributed by atoms with Gasteiger partial charge in [0.05, 0.1) is 5.48 Å². The topological polar surface area (TPSA) is 33.5 Å². The summed E-state index contributed by atoms with van der Waals surface area (Å²) in [6, 6.07) is 69.0. The van der Waals surface area contributed by atoms with Gasteiger partial charge in [-0.15, -0.1) is 48.1 Å². The van der Waals surface area contributed by atoms with E-state index in [1.807, 2.05) is 30.3 Å². The Morgan fingerprint density at radius 3 is 1.79 bits per heavy atom. The van der Waals surface area contributed by atoms with E-state index in [1.54, 1.807) is 16.8 Å².